The first-order chi connectivity index (χ1) is 24.0. The molecule has 0 saturated heterocycles. The van der Waals surface area contributed by atoms with E-state index in [2.05, 4.69) is 59.4 Å². The molecule has 0 spiro atoms. The highest BCUT2D eigenvalue weighted by molar-refractivity contribution is 6.74. The molecule has 0 aromatic carbocycles. The molecule has 0 fully saturated rings. The minimum atomic E-state index is -2.82. The van der Waals surface area contributed by atoms with Crippen LogP contribution < -0.4 is 14.4 Å². The van der Waals surface area contributed by atoms with Crippen LogP contribution in [0.3, 0.4) is 0 Å². The number of ether oxygens (including phenoxy) is 2. The molecule has 3 aliphatic rings. The molecule has 51 heavy (non-hydrogen) atoms. The lowest BCUT2D eigenvalue weighted by Crippen LogP contribution is -2.65. The van der Waals surface area contributed by atoms with Crippen LogP contribution in [0.4, 0.5) is 5.82 Å². The van der Waals surface area contributed by atoms with Crippen molar-refractivity contribution in [1.29, 1.82) is 0 Å². The zero-order valence-electron chi connectivity index (χ0n) is 32.6. The van der Waals surface area contributed by atoms with Gasteiger partial charge in [-0.15, -0.1) is 6.58 Å². The third-order valence-corrected chi connectivity index (χ3v) is 15.7. The molecule has 0 radical (unpaired) electrons. The van der Waals surface area contributed by atoms with Gasteiger partial charge in [-0.25, -0.2) is 4.98 Å². The first-order valence-corrected chi connectivity index (χ1v) is 21.4. The molecule has 0 saturated carbocycles. The van der Waals surface area contributed by atoms with E-state index in [1.54, 1.807) is 6.08 Å². The van der Waals surface area contributed by atoms with E-state index in [0.29, 0.717) is 61.1 Å². The van der Waals surface area contributed by atoms with Crippen LogP contribution in [-0.2, 0) is 17.3 Å². The lowest BCUT2D eigenvalue weighted by molar-refractivity contribution is -0.0480. The van der Waals surface area contributed by atoms with Gasteiger partial charge in [0, 0.05) is 37.6 Å². The normalized spacial score (nSPS) is 23.1. The summed E-state index contributed by atoms with van der Waals surface area (Å²) in [6.07, 6.45) is 6.35. The van der Waals surface area contributed by atoms with Crippen molar-refractivity contribution in [3.63, 3.8) is 0 Å². The first-order valence-electron chi connectivity index (χ1n) is 18.5. The number of fused-ring (bicyclic) bond motifs is 4. The van der Waals surface area contributed by atoms with Crippen molar-refractivity contribution in [2.24, 2.45) is 11.8 Å². The Labute approximate surface area is 304 Å². The van der Waals surface area contributed by atoms with Crippen LogP contribution in [0.15, 0.2) is 28.5 Å². The predicted octanol–water partition coefficient (Wildman–Crippen LogP) is 7.67. The molecule has 4 atom stereocenters. The fraction of sp³-hybridized carbons (Fsp3) is 0.641. The van der Waals surface area contributed by atoms with Crippen molar-refractivity contribution in [2.45, 2.75) is 109 Å². The van der Waals surface area contributed by atoms with Crippen molar-refractivity contribution in [3.8, 4) is 11.6 Å². The number of rotatable bonds is 14. The number of ketones is 2. The quantitative estimate of drug-likeness (QED) is 0.117. The molecule has 0 aliphatic heterocycles. The fourth-order valence-electron chi connectivity index (χ4n) is 7.64. The molecule has 0 unspecified atom stereocenters. The number of hydrogen-bond acceptors (Lipinski definition) is 11. The smallest absolute Gasteiger partial charge is 0.265 e. The highest BCUT2D eigenvalue weighted by atomic mass is 28.4. The molecule has 12 heteroatoms. The summed E-state index contributed by atoms with van der Waals surface area (Å²) in [7, 11) is 4.86. The molecule has 0 amide bonds. The number of hydrogen-bond donors (Lipinski definition) is 1. The maximum atomic E-state index is 15.4. The number of carbonyl (C=O) groups excluding carboxylic acids is 2. The van der Waals surface area contributed by atoms with Crippen LogP contribution >= 0.6 is 0 Å². The molecule has 5 rings (SSSR count). The molecule has 2 aromatic heterocycles. The molecule has 1 N–H and O–H groups in total. The predicted molar refractivity (Wildman–Crippen MR) is 201 cm³/mol. The molecule has 280 valence electrons. The number of aliphatic hydroxyl groups is 1. The summed E-state index contributed by atoms with van der Waals surface area (Å²) in [6.45, 7) is 19.3. The second-order valence-electron chi connectivity index (χ2n) is 16.3. The van der Waals surface area contributed by atoms with Gasteiger partial charge >= 0.3 is 0 Å². The van der Waals surface area contributed by atoms with Crippen molar-refractivity contribution in [1.82, 2.24) is 15.0 Å². The maximum absolute atomic E-state index is 15.4. The number of allylic oxidation sites excluding steroid dienone is 2. The lowest BCUT2D eigenvalue weighted by atomic mass is 9.58. The van der Waals surface area contributed by atoms with Crippen LogP contribution in [0.5, 0.6) is 11.6 Å². The van der Waals surface area contributed by atoms with Crippen molar-refractivity contribution in [2.75, 3.05) is 46.3 Å². The zero-order valence-corrected chi connectivity index (χ0v) is 33.6. The highest BCUT2D eigenvalue weighted by Gasteiger charge is 2.67. The van der Waals surface area contributed by atoms with E-state index in [0.717, 1.165) is 31.2 Å². The summed E-state index contributed by atoms with van der Waals surface area (Å²) in [5.74, 6) is -0.582. The summed E-state index contributed by atoms with van der Waals surface area (Å²) < 4.78 is 25.7. The molecule has 11 nitrogen and oxygen atoms in total. The van der Waals surface area contributed by atoms with Crippen molar-refractivity contribution in [3.05, 3.63) is 52.1 Å². The van der Waals surface area contributed by atoms with Gasteiger partial charge in [-0.2, -0.15) is 0 Å². The number of pyridine rings is 1. The van der Waals surface area contributed by atoms with Crippen LogP contribution in [0.2, 0.25) is 18.1 Å². The number of Topliss-reactive ketones (excluding diaryl/α,β-unsaturated/α-hetero) is 2. The minimum absolute atomic E-state index is 0.0922. The van der Waals surface area contributed by atoms with Crippen LogP contribution in [0.1, 0.15) is 110 Å². The minimum Gasteiger partial charge on any atom is -0.508 e. The Morgan fingerprint density at radius 2 is 1.71 bits per heavy atom. The standard InChI is InChI=1S/C39H58N4O7Si/c1-13-16-19-47-32-26(18-15-3)40-36(43(9)10)24-21-23-22-25-30(42(7)8)33-29(37(41-49-33)48-20-17-14-2)35(46)39(25,50-51(11,12)38(4,5)6)34(45)27(23)31(44)28(24)32/h15,23,25,30,45H,3,13-14,16-22H2,1-2,4-12H3/t23-,25-,30-,39-/m0/s1. The number of aromatic nitrogens is 2. The number of nitrogens with zero attached hydrogens (tertiary/aromatic N) is 4. The van der Waals surface area contributed by atoms with E-state index in [9.17, 15) is 5.11 Å². The van der Waals surface area contributed by atoms with E-state index < -0.39 is 37.6 Å². The Kier molecular flexibility index (Phi) is 11.0. The number of carbonyl (C=O) groups is 2. The van der Waals surface area contributed by atoms with E-state index in [-0.39, 0.29) is 33.6 Å². The third kappa shape index (κ3) is 6.45. The van der Waals surface area contributed by atoms with E-state index in [4.69, 9.17) is 23.4 Å². The van der Waals surface area contributed by atoms with Gasteiger partial charge in [0.2, 0.25) is 5.78 Å². The van der Waals surface area contributed by atoms with Gasteiger partial charge in [0.1, 0.15) is 17.1 Å². The van der Waals surface area contributed by atoms with Crippen LogP contribution in [-0.4, -0.2) is 87.0 Å². The summed E-state index contributed by atoms with van der Waals surface area (Å²) in [4.78, 5) is 39.5. The molecular formula is C39H58N4O7Si. The van der Waals surface area contributed by atoms with Gasteiger partial charge in [-0.3, -0.25) is 14.5 Å². The molecular weight excluding hydrogens is 665 g/mol. The number of anilines is 1. The van der Waals surface area contributed by atoms with Gasteiger partial charge in [0.25, 0.3) is 5.88 Å². The van der Waals surface area contributed by atoms with Gasteiger partial charge < -0.3 is 28.4 Å². The third-order valence-electron chi connectivity index (χ3n) is 11.2. The highest BCUT2D eigenvalue weighted by Crippen LogP contribution is 2.60. The number of aliphatic hydroxyl groups excluding tert-OH is 1. The Bertz CT molecular complexity index is 1710. The monoisotopic (exact) mass is 722 g/mol. The lowest BCUT2D eigenvalue weighted by Gasteiger charge is -2.55. The Hall–Kier alpha value is -3.48. The van der Waals surface area contributed by atoms with Gasteiger partial charge in [-0.05, 0) is 69.0 Å². The van der Waals surface area contributed by atoms with Crippen molar-refractivity contribution >= 4 is 25.7 Å². The first kappa shape index (κ1) is 38.7. The second-order valence-corrected chi connectivity index (χ2v) is 21.0. The average Bonchev–Trinajstić information content (AvgIpc) is 3.45. The van der Waals surface area contributed by atoms with Gasteiger partial charge in [0.05, 0.1) is 30.5 Å². The summed E-state index contributed by atoms with van der Waals surface area (Å²) in [5, 5.41) is 16.8. The average molecular weight is 723 g/mol. The largest absolute Gasteiger partial charge is 0.508 e. The van der Waals surface area contributed by atoms with Gasteiger partial charge in [0.15, 0.2) is 31.2 Å². The van der Waals surface area contributed by atoms with Gasteiger partial charge in [-0.1, -0.05) is 53.5 Å². The Morgan fingerprint density at radius 1 is 1.06 bits per heavy atom. The van der Waals surface area contributed by atoms with Crippen LogP contribution in [0, 0.1) is 11.8 Å². The Morgan fingerprint density at radius 3 is 2.27 bits per heavy atom. The molecule has 0 bridgehead atoms. The second kappa shape index (κ2) is 14.5. The molecule has 3 aliphatic carbocycles. The molecule has 2 heterocycles. The zero-order chi connectivity index (χ0) is 37.6. The summed E-state index contributed by atoms with van der Waals surface area (Å²) in [5.41, 5.74) is 0.285. The fourth-order valence-corrected chi connectivity index (χ4v) is 9.09. The summed E-state index contributed by atoms with van der Waals surface area (Å²) >= 11 is 0. The van der Waals surface area contributed by atoms with Crippen molar-refractivity contribution < 1.29 is 33.1 Å². The molecule has 2 aromatic rings. The van der Waals surface area contributed by atoms with E-state index in [1.807, 2.05) is 38.0 Å². The topological polar surface area (TPSA) is 127 Å². The van der Waals surface area contributed by atoms with E-state index in [1.165, 1.54) is 0 Å². The Balaban J connectivity index is 1.82. The van der Waals surface area contributed by atoms with Crippen LogP contribution in [0.25, 0.3) is 0 Å². The maximum Gasteiger partial charge on any atom is 0.265 e. The number of unbranched alkanes of at least 4 members (excludes halogenated alkanes) is 2. The van der Waals surface area contributed by atoms with E-state index >= 15 is 9.59 Å². The SMILES string of the molecule is C=CCc1nc(N(C)C)c2c(c1OCCCC)C(=O)C1=C(O)[C@]3(O[Si](C)(C)C(C)(C)C)C(=O)c4c(OCCCC)noc4[C@@H](N(C)C)[C@@H]3C[C@@H]1C2. The summed E-state index contributed by atoms with van der Waals surface area (Å²) in [6, 6.07) is -0.506.